The van der Waals surface area contributed by atoms with Crippen LogP contribution in [-0.2, 0) is 6.42 Å². The zero-order valence-corrected chi connectivity index (χ0v) is 14.6. The normalized spacial score (nSPS) is 9.86. The van der Waals surface area contributed by atoms with Gasteiger partial charge < -0.3 is 4.90 Å². The molecule has 0 atom stereocenters. The van der Waals surface area contributed by atoms with Crippen LogP contribution in [0.25, 0.3) is 0 Å². The Balaban J connectivity index is 0.00000220. The van der Waals surface area contributed by atoms with Gasteiger partial charge in [-0.2, -0.15) is 0 Å². The van der Waals surface area contributed by atoms with Crippen LogP contribution in [0.15, 0.2) is 42.7 Å². The van der Waals surface area contributed by atoms with Crippen LogP contribution >= 0.6 is 40.2 Å². The Labute approximate surface area is 144 Å². The average Bonchev–Trinajstić information content (AvgIpc) is 2.46. The highest BCUT2D eigenvalue weighted by Gasteiger charge is 2.12. The summed E-state index contributed by atoms with van der Waals surface area (Å²) in [6.07, 6.45) is 3.89. The number of hydrogen-bond donors (Lipinski definition) is 0. The lowest BCUT2D eigenvalue weighted by Gasteiger charge is -2.17. The lowest BCUT2D eigenvalue weighted by Crippen LogP contribution is -2.28. The zero-order chi connectivity index (χ0) is 14.5. The van der Waals surface area contributed by atoms with Crippen LogP contribution in [0.2, 0.25) is 10.0 Å². The minimum absolute atomic E-state index is 0. The summed E-state index contributed by atoms with van der Waals surface area (Å²) in [5, 5.41) is 1.23. The molecule has 21 heavy (non-hydrogen) atoms. The van der Waals surface area contributed by atoms with Crippen molar-refractivity contribution >= 4 is 46.1 Å². The van der Waals surface area contributed by atoms with E-state index in [-0.39, 0.29) is 22.9 Å². The fourth-order valence-electron chi connectivity index (χ4n) is 1.82. The van der Waals surface area contributed by atoms with Gasteiger partial charge in [0.15, 0.2) is 0 Å². The van der Waals surface area contributed by atoms with Crippen LogP contribution in [0.4, 0.5) is 0 Å². The molecule has 1 aromatic heterocycles. The molecular formula is C15H15BrCl2N2O. The van der Waals surface area contributed by atoms with Crippen LogP contribution < -0.4 is 0 Å². The predicted molar refractivity (Wildman–Crippen MR) is 91.7 cm³/mol. The van der Waals surface area contributed by atoms with Gasteiger partial charge in [0.1, 0.15) is 0 Å². The van der Waals surface area contributed by atoms with Crippen molar-refractivity contribution in [3.8, 4) is 0 Å². The zero-order valence-electron chi connectivity index (χ0n) is 11.4. The number of pyridine rings is 1. The van der Waals surface area contributed by atoms with E-state index in [1.165, 1.54) is 0 Å². The Kier molecular flexibility index (Phi) is 7.15. The summed E-state index contributed by atoms with van der Waals surface area (Å²) in [6.45, 7) is 0.578. The molecule has 0 unspecified atom stereocenters. The van der Waals surface area contributed by atoms with Gasteiger partial charge in [0.25, 0.3) is 5.91 Å². The molecule has 6 heteroatoms. The van der Waals surface area contributed by atoms with Crippen molar-refractivity contribution in [2.75, 3.05) is 13.6 Å². The fraction of sp³-hybridized carbons (Fsp3) is 0.200. The number of hydrogen-bond acceptors (Lipinski definition) is 2. The largest absolute Gasteiger partial charge is 0.341 e. The van der Waals surface area contributed by atoms with Gasteiger partial charge >= 0.3 is 0 Å². The van der Waals surface area contributed by atoms with Gasteiger partial charge in [-0.15, -0.1) is 17.0 Å². The lowest BCUT2D eigenvalue weighted by atomic mass is 10.1. The van der Waals surface area contributed by atoms with E-state index >= 15 is 0 Å². The number of nitrogens with zero attached hydrogens (tertiary/aromatic N) is 2. The highest BCUT2D eigenvalue weighted by molar-refractivity contribution is 8.93. The molecule has 0 aliphatic rings. The second-order valence-corrected chi connectivity index (χ2v) is 5.30. The molecule has 2 aromatic rings. The number of carbonyl (C=O) groups excluding carboxylic acids is 1. The Morgan fingerprint density at radius 2 is 2.05 bits per heavy atom. The highest BCUT2D eigenvalue weighted by Crippen LogP contribution is 2.21. The van der Waals surface area contributed by atoms with Crippen molar-refractivity contribution in [2.45, 2.75) is 6.42 Å². The summed E-state index contributed by atoms with van der Waals surface area (Å²) >= 11 is 12.0. The van der Waals surface area contributed by atoms with Crippen LogP contribution in [-0.4, -0.2) is 29.4 Å². The maximum atomic E-state index is 12.1. The predicted octanol–water partition coefficient (Wildman–Crippen LogP) is 4.28. The first-order valence-electron chi connectivity index (χ1n) is 6.17. The van der Waals surface area contributed by atoms with Crippen molar-refractivity contribution in [1.82, 2.24) is 9.88 Å². The molecule has 0 fully saturated rings. The molecule has 3 nitrogen and oxygen atoms in total. The number of benzene rings is 1. The van der Waals surface area contributed by atoms with Gasteiger partial charge in [0.2, 0.25) is 0 Å². The standard InChI is InChI=1S/C15H14Cl2N2O.BrH/c1-19(15(20)12-3-2-7-18-10-12)8-6-11-4-5-13(16)9-14(11)17;/h2-5,7,9-10H,6,8H2,1H3;1H. The van der Waals surface area contributed by atoms with E-state index in [9.17, 15) is 4.79 Å². The Hall–Kier alpha value is -1.10. The van der Waals surface area contributed by atoms with E-state index < -0.39 is 0 Å². The average molecular weight is 390 g/mol. The second kappa shape index (κ2) is 8.37. The minimum Gasteiger partial charge on any atom is -0.341 e. The van der Waals surface area contributed by atoms with Crippen LogP contribution in [0.1, 0.15) is 15.9 Å². The summed E-state index contributed by atoms with van der Waals surface area (Å²) < 4.78 is 0. The fourth-order valence-corrected chi connectivity index (χ4v) is 2.33. The van der Waals surface area contributed by atoms with Gasteiger partial charge in [0, 0.05) is 36.0 Å². The van der Waals surface area contributed by atoms with E-state index in [1.807, 2.05) is 6.07 Å². The number of rotatable bonds is 4. The van der Waals surface area contributed by atoms with Crippen molar-refractivity contribution < 1.29 is 4.79 Å². The molecule has 0 aliphatic heterocycles. The van der Waals surface area contributed by atoms with Crippen molar-refractivity contribution in [3.63, 3.8) is 0 Å². The maximum Gasteiger partial charge on any atom is 0.255 e. The van der Waals surface area contributed by atoms with E-state index in [0.717, 1.165) is 5.56 Å². The van der Waals surface area contributed by atoms with E-state index in [4.69, 9.17) is 23.2 Å². The monoisotopic (exact) mass is 388 g/mol. The molecule has 1 heterocycles. The Morgan fingerprint density at radius 1 is 1.29 bits per heavy atom. The second-order valence-electron chi connectivity index (χ2n) is 4.45. The molecule has 0 spiro atoms. The van der Waals surface area contributed by atoms with Crippen LogP contribution in [0, 0.1) is 0 Å². The van der Waals surface area contributed by atoms with E-state index in [1.54, 1.807) is 48.6 Å². The Bertz CT molecular complexity index is 608. The smallest absolute Gasteiger partial charge is 0.255 e. The number of aromatic nitrogens is 1. The van der Waals surface area contributed by atoms with Crippen LogP contribution in [0.3, 0.4) is 0 Å². The van der Waals surface area contributed by atoms with Crippen LogP contribution in [0.5, 0.6) is 0 Å². The molecule has 0 N–H and O–H groups in total. The topological polar surface area (TPSA) is 33.2 Å². The molecular weight excluding hydrogens is 375 g/mol. The first-order chi connectivity index (χ1) is 9.58. The number of amides is 1. The third-order valence-corrected chi connectivity index (χ3v) is 3.57. The molecule has 1 amide bonds. The first-order valence-corrected chi connectivity index (χ1v) is 6.93. The molecule has 0 aliphatic carbocycles. The van der Waals surface area contributed by atoms with Gasteiger partial charge in [-0.05, 0) is 36.2 Å². The third-order valence-electron chi connectivity index (χ3n) is 2.99. The molecule has 2 rings (SSSR count). The number of likely N-dealkylation sites (N-methyl/N-ethyl adjacent to an activating group) is 1. The molecule has 0 saturated carbocycles. The Morgan fingerprint density at radius 3 is 2.67 bits per heavy atom. The van der Waals surface area contributed by atoms with Crippen molar-refractivity contribution in [1.29, 1.82) is 0 Å². The molecule has 0 bridgehead atoms. The summed E-state index contributed by atoms with van der Waals surface area (Å²) in [4.78, 5) is 17.7. The third kappa shape index (κ3) is 4.99. The number of halogens is 3. The number of carbonyl (C=O) groups is 1. The van der Waals surface area contributed by atoms with Crippen molar-refractivity contribution in [3.05, 3.63) is 63.9 Å². The summed E-state index contributed by atoms with van der Waals surface area (Å²) in [5.41, 5.74) is 1.55. The lowest BCUT2D eigenvalue weighted by molar-refractivity contribution is 0.0796. The van der Waals surface area contributed by atoms with Gasteiger partial charge in [-0.1, -0.05) is 29.3 Å². The first kappa shape index (κ1) is 18.0. The van der Waals surface area contributed by atoms with Gasteiger partial charge in [0.05, 0.1) is 5.56 Å². The molecule has 0 radical (unpaired) electrons. The maximum absolute atomic E-state index is 12.1. The van der Waals surface area contributed by atoms with E-state index in [2.05, 4.69) is 4.98 Å². The molecule has 1 aromatic carbocycles. The van der Waals surface area contributed by atoms with E-state index in [0.29, 0.717) is 28.6 Å². The van der Waals surface area contributed by atoms with Crippen molar-refractivity contribution in [2.24, 2.45) is 0 Å². The van der Waals surface area contributed by atoms with Gasteiger partial charge in [-0.3, -0.25) is 9.78 Å². The highest BCUT2D eigenvalue weighted by atomic mass is 79.9. The SMILES string of the molecule is Br.CN(CCc1ccc(Cl)cc1Cl)C(=O)c1cccnc1. The quantitative estimate of drug-likeness (QED) is 0.781. The summed E-state index contributed by atoms with van der Waals surface area (Å²) in [7, 11) is 1.76. The molecule has 112 valence electrons. The summed E-state index contributed by atoms with van der Waals surface area (Å²) in [6, 6.07) is 8.89. The molecule has 0 saturated heterocycles. The minimum atomic E-state index is -0.0526. The van der Waals surface area contributed by atoms with Gasteiger partial charge in [-0.25, -0.2) is 0 Å². The summed E-state index contributed by atoms with van der Waals surface area (Å²) in [5.74, 6) is -0.0526.